The SMILES string of the molecule is [2H]C([2H])(c1ccc2c(c1)c1cc(C([2H])([2H])C(C)C)c(Oc3[c-]c([N+]4=C=[N+](CCc5c(-c6ccccc6)cccc5-c5ccccc5)c5ccccc54)ccc3)[c-]c1n2-c1cc(C(C)(C)C)ccn1)C(C)C.[Pt+2]. The van der Waals surface area contributed by atoms with E-state index in [-0.39, 0.29) is 38.1 Å². The number of hydrogen-bond donors (Lipinski definition) is 0. The first-order valence-electron chi connectivity index (χ1n) is 25.4. The van der Waals surface area contributed by atoms with Gasteiger partial charge in [-0.05, 0) is 80.2 Å². The number of nitrogens with zero attached hydrogens (tertiary/aromatic N) is 4. The Balaban J connectivity index is 0.00000640. The van der Waals surface area contributed by atoms with E-state index in [9.17, 15) is 2.74 Å². The molecule has 7 aromatic carbocycles. The molecule has 9 aromatic rings. The van der Waals surface area contributed by atoms with E-state index in [1.807, 2.05) is 97.6 Å². The first kappa shape index (κ1) is 41.5. The molecule has 340 valence electrons. The molecule has 2 aromatic heterocycles. The van der Waals surface area contributed by atoms with Crippen molar-refractivity contribution in [3.63, 3.8) is 0 Å². The second kappa shape index (κ2) is 19.5. The van der Waals surface area contributed by atoms with Crippen LogP contribution in [0.3, 0.4) is 0 Å². The second-order valence-corrected chi connectivity index (χ2v) is 19.0. The summed E-state index contributed by atoms with van der Waals surface area (Å²) in [5.41, 5.74) is 12.0. The van der Waals surface area contributed by atoms with E-state index in [1.54, 1.807) is 0 Å². The fraction of sp³-hybridized carbons (Fsp3) is 0.226. The number of pyridine rings is 1. The Labute approximate surface area is 422 Å². The van der Waals surface area contributed by atoms with Crippen molar-refractivity contribution >= 4 is 44.9 Å². The van der Waals surface area contributed by atoms with Crippen LogP contribution in [0.25, 0.3) is 49.9 Å². The molecule has 0 atom stereocenters. The smallest absolute Gasteiger partial charge is 0.509 e. The van der Waals surface area contributed by atoms with Crippen molar-refractivity contribution in [2.45, 2.75) is 73.0 Å². The van der Waals surface area contributed by atoms with Gasteiger partial charge in [0, 0.05) is 47.2 Å². The minimum absolute atomic E-state index is 0. The van der Waals surface area contributed by atoms with E-state index >= 15 is 0 Å². The van der Waals surface area contributed by atoms with Crippen LogP contribution in [0, 0.1) is 24.0 Å². The zero-order valence-electron chi connectivity index (χ0n) is 43.7. The van der Waals surface area contributed by atoms with Gasteiger partial charge < -0.3 is 9.30 Å². The van der Waals surface area contributed by atoms with Crippen LogP contribution in [0.5, 0.6) is 11.5 Å². The summed E-state index contributed by atoms with van der Waals surface area (Å²) >= 11 is 0. The van der Waals surface area contributed by atoms with Gasteiger partial charge in [-0.2, -0.15) is 12.1 Å². The standard InChI is InChI=1S/C62H58N4O.Pt/c1-42(2)34-44-28-29-56-54(36-44)55-37-47(35-43(3)4)60(40-59(55)66(56)61-38-48(30-32-63-61)62(5,6)7)67-50-23-16-22-49(39-50)65-41-64(57-26-14-15-27-58(57)65)33-31-53-51(45-18-10-8-11-19-45)24-17-25-52(53)46-20-12-9-13-21-46;/h8-30,32,36-38,42-43H,31,33-35H2,1-7H3;/q;+2/i34D2,35D2;. The molecule has 0 saturated heterocycles. The minimum Gasteiger partial charge on any atom is -0.509 e. The molecule has 68 heavy (non-hydrogen) atoms. The molecule has 3 heterocycles. The Bertz CT molecular complexity index is 3490. The van der Waals surface area contributed by atoms with Gasteiger partial charge in [0.15, 0.2) is 6.54 Å². The molecule has 0 unspecified atom stereocenters. The third-order valence-corrected chi connectivity index (χ3v) is 12.3. The third-order valence-electron chi connectivity index (χ3n) is 12.3. The Hall–Kier alpha value is -6.64. The molecule has 0 saturated carbocycles. The van der Waals surface area contributed by atoms with Crippen molar-refractivity contribution in [1.29, 1.82) is 0 Å². The van der Waals surface area contributed by atoms with Crippen molar-refractivity contribution in [2.24, 2.45) is 11.8 Å². The van der Waals surface area contributed by atoms with E-state index in [0.717, 1.165) is 39.6 Å². The van der Waals surface area contributed by atoms with Crippen molar-refractivity contribution in [3.8, 4) is 39.6 Å². The molecule has 1 aliphatic rings. The van der Waals surface area contributed by atoms with Crippen molar-refractivity contribution < 1.29 is 35.9 Å². The zero-order valence-corrected chi connectivity index (χ0v) is 41.9. The molecule has 0 radical (unpaired) electrons. The van der Waals surface area contributed by atoms with Crippen LogP contribution in [-0.2, 0) is 45.6 Å². The number of aromatic nitrogens is 2. The van der Waals surface area contributed by atoms with Crippen molar-refractivity contribution in [3.05, 3.63) is 198 Å². The van der Waals surface area contributed by atoms with Gasteiger partial charge in [-0.1, -0.05) is 191 Å². The molecule has 0 spiro atoms. The number of rotatable bonds is 13. The molecule has 10 rings (SSSR count). The summed E-state index contributed by atoms with van der Waals surface area (Å²) in [5, 5.41) is 1.51. The Morgan fingerprint density at radius 2 is 1.35 bits per heavy atom. The fourth-order valence-corrected chi connectivity index (χ4v) is 9.19. The van der Waals surface area contributed by atoms with Gasteiger partial charge in [0.25, 0.3) is 11.4 Å². The summed E-state index contributed by atoms with van der Waals surface area (Å²) in [6.45, 7) is 14.7. The summed E-state index contributed by atoms with van der Waals surface area (Å²) in [7, 11) is 0. The average molecular weight is 1070 g/mol. The van der Waals surface area contributed by atoms with Crippen LogP contribution in [0.4, 0.5) is 17.1 Å². The summed E-state index contributed by atoms with van der Waals surface area (Å²) in [6, 6.07) is 64.3. The van der Waals surface area contributed by atoms with Crippen LogP contribution in [0.15, 0.2) is 164 Å². The average Bonchev–Trinajstić information content (AvgIpc) is 3.90. The molecule has 0 fully saturated rings. The van der Waals surface area contributed by atoms with Crippen LogP contribution >= 0.6 is 0 Å². The number of fused-ring (bicyclic) bond motifs is 4. The van der Waals surface area contributed by atoms with Gasteiger partial charge in [0.05, 0.1) is 0 Å². The number of para-hydroxylation sites is 2. The maximum absolute atomic E-state index is 9.54. The largest absolute Gasteiger partial charge is 2.00 e. The maximum atomic E-state index is 9.54. The molecule has 5 nitrogen and oxygen atoms in total. The first-order valence-corrected chi connectivity index (χ1v) is 23.4. The molecular formula is C62H58N4OPt+2. The van der Waals surface area contributed by atoms with Gasteiger partial charge in [-0.25, -0.2) is 4.98 Å². The molecule has 0 aliphatic carbocycles. The van der Waals surface area contributed by atoms with Crippen LogP contribution in [-0.4, -0.2) is 26.7 Å². The molecule has 1 aliphatic heterocycles. The number of hydrogen-bond acceptors (Lipinski definition) is 2. The summed E-state index contributed by atoms with van der Waals surface area (Å²) in [4.78, 5) is 4.89. The molecule has 0 N–H and O–H groups in total. The van der Waals surface area contributed by atoms with E-state index in [2.05, 4.69) is 147 Å². The van der Waals surface area contributed by atoms with E-state index in [4.69, 9.17) is 12.5 Å². The molecule has 0 amide bonds. The molecular weight excluding hydrogens is 1010 g/mol. The molecule has 6 heteroatoms. The maximum Gasteiger partial charge on any atom is 2.00 e. The van der Waals surface area contributed by atoms with Crippen molar-refractivity contribution in [2.75, 3.05) is 6.54 Å². The van der Waals surface area contributed by atoms with E-state index in [0.29, 0.717) is 40.4 Å². The third kappa shape index (κ3) is 9.44. The predicted molar refractivity (Wildman–Crippen MR) is 277 cm³/mol. The Morgan fingerprint density at radius 3 is 2.03 bits per heavy atom. The van der Waals surface area contributed by atoms with Gasteiger partial charge in [-0.3, -0.25) is 0 Å². The van der Waals surface area contributed by atoms with Crippen molar-refractivity contribution in [1.82, 2.24) is 14.1 Å². The van der Waals surface area contributed by atoms with Crippen LogP contribution in [0.2, 0.25) is 0 Å². The zero-order chi connectivity index (χ0) is 49.8. The number of ether oxygens (including phenoxy) is 1. The van der Waals surface area contributed by atoms with E-state index < -0.39 is 18.7 Å². The normalized spacial score (nSPS) is 13.7. The Kier molecular flexibility index (Phi) is 11.9. The summed E-state index contributed by atoms with van der Waals surface area (Å²) in [6.07, 6.45) is -0.858. The van der Waals surface area contributed by atoms with Crippen LogP contribution < -0.4 is 9.31 Å². The minimum atomic E-state index is -1.84. The monoisotopic (exact) mass is 1070 g/mol. The quantitative estimate of drug-likeness (QED) is 0.0851. The van der Waals surface area contributed by atoms with Gasteiger partial charge >= 0.3 is 27.1 Å². The Morgan fingerprint density at radius 1 is 0.691 bits per heavy atom. The van der Waals surface area contributed by atoms with Gasteiger partial charge in [-0.15, -0.1) is 23.1 Å². The second-order valence-electron chi connectivity index (χ2n) is 19.0. The molecule has 0 bridgehead atoms. The summed E-state index contributed by atoms with van der Waals surface area (Å²) in [5.74, 6) is 0.612. The van der Waals surface area contributed by atoms with Gasteiger partial charge in [0.2, 0.25) is 0 Å². The first-order chi connectivity index (χ1) is 34.0. The summed E-state index contributed by atoms with van der Waals surface area (Å²) < 4.78 is 50.2. The topological polar surface area (TPSA) is 33.1 Å². The van der Waals surface area contributed by atoms with Crippen LogP contribution in [0.1, 0.15) is 76.2 Å². The fourth-order valence-electron chi connectivity index (χ4n) is 9.19. The number of benzene rings is 7. The van der Waals surface area contributed by atoms with Gasteiger partial charge in [0.1, 0.15) is 11.5 Å². The predicted octanol–water partition coefficient (Wildman–Crippen LogP) is 15.5. The van der Waals surface area contributed by atoms with E-state index in [1.165, 1.54) is 27.8 Å².